The Balaban J connectivity index is 2.30. The lowest BCUT2D eigenvalue weighted by Gasteiger charge is -2.12. The Morgan fingerprint density at radius 1 is 1.10 bits per heavy atom. The number of nitrogens with two attached hydrogens (primary N) is 1. The van der Waals surface area contributed by atoms with Crippen LogP contribution in [0, 0.1) is 0 Å². The van der Waals surface area contributed by atoms with Gasteiger partial charge in [-0.25, -0.2) is 10.8 Å². The van der Waals surface area contributed by atoms with Gasteiger partial charge in [-0.05, 0) is 38.1 Å². The zero-order valence-corrected chi connectivity index (χ0v) is 11.7. The van der Waals surface area contributed by atoms with Crippen molar-refractivity contribution in [2.45, 2.75) is 20.0 Å². The van der Waals surface area contributed by atoms with Crippen molar-refractivity contribution in [3.8, 4) is 5.75 Å². The van der Waals surface area contributed by atoms with E-state index in [0.29, 0.717) is 5.84 Å². The third-order valence-electron chi connectivity index (χ3n) is 2.61. The normalized spacial score (nSPS) is 11.5. The van der Waals surface area contributed by atoms with Gasteiger partial charge in [0.25, 0.3) is 0 Å². The quantitative estimate of drug-likeness (QED) is 0.388. The molecule has 0 amide bonds. The number of hydrazine groups is 1. The average Bonchev–Trinajstić information content (AvgIpc) is 2.45. The van der Waals surface area contributed by atoms with Crippen molar-refractivity contribution in [1.29, 1.82) is 0 Å². The molecule has 0 heterocycles. The summed E-state index contributed by atoms with van der Waals surface area (Å²) >= 11 is 0. The predicted octanol–water partition coefficient (Wildman–Crippen LogP) is 3.02. The van der Waals surface area contributed by atoms with Gasteiger partial charge in [-0.15, -0.1) is 0 Å². The van der Waals surface area contributed by atoms with Gasteiger partial charge in [-0.3, -0.25) is 0 Å². The largest absolute Gasteiger partial charge is 0.491 e. The van der Waals surface area contributed by atoms with Crippen LogP contribution in [0.5, 0.6) is 5.75 Å². The molecule has 2 aromatic carbocycles. The van der Waals surface area contributed by atoms with Crippen molar-refractivity contribution >= 4 is 11.5 Å². The number of benzene rings is 2. The molecule has 2 aromatic rings. The van der Waals surface area contributed by atoms with E-state index in [1.165, 1.54) is 0 Å². The minimum Gasteiger partial charge on any atom is -0.491 e. The SMILES string of the molecule is CC(C)Oc1cccc(C(=Nc2ccccc2)NN)c1. The number of ether oxygens (including phenoxy) is 1. The van der Waals surface area contributed by atoms with E-state index >= 15 is 0 Å². The molecule has 0 fully saturated rings. The van der Waals surface area contributed by atoms with Crippen LogP contribution in [0.25, 0.3) is 0 Å². The average molecular weight is 269 g/mol. The van der Waals surface area contributed by atoms with Crippen LogP contribution in [0.15, 0.2) is 59.6 Å². The van der Waals surface area contributed by atoms with Gasteiger partial charge in [0.1, 0.15) is 11.6 Å². The van der Waals surface area contributed by atoms with Gasteiger partial charge < -0.3 is 10.2 Å². The molecule has 0 spiro atoms. The lowest BCUT2D eigenvalue weighted by molar-refractivity contribution is 0.242. The van der Waals surface area contributed by atoms with Gasteiger partial charge >= 0.3 is 0 Å². The zero-order chi connectivity index (χ0) is 14.4. The first-order chi connectivity index (χ1) is 9.69. The number of hydrogen-bond acceptors (Lipinski definition) is 3. The molecule has 4 nitrogen and oxygen atoms in total. The Morgan fingerprint density at radius 2 is 1.85 bits per heavy atom. The second-order valence-corrected chi connectivity index (χ2v) is 4.63. The molecule has 0 aliphatic carbocycles. The number of nitrogens with one attached hydrogen (secondary N) is 1. The number of amidine groups is 1. The summed E-state index contributed by atoms with van der Waals surface area (Å²) in [6.07, 6.45) is 0.130. The maximum absolute atomic E-state index is 5.68. The molecule has 20 heavy (non-hydrogen) atoms. The van der Waals surface area contributed by atoms with E-state index in [0.717, 1.165) is 17.0 Å². The molecule has 4 heteroatoms. The Bertz CT molecular complexity index is 579. The lowest BCUT2D eigenvalue weighted by Crippen LogP contribution is -2.30. The highest BCUT2D eigenvalue weighted by Crippen LogP contribution is 2.17. The van der Waals surface area contributed by atoms with E-state index in [1.54, 1.807) is 0 Å². The van der Waals surface area contributed by atoms with E-state index in [-0.39, 0.29) is 6.10 Å². The van der Waals surface area contributed by atoms with E-state index in [1.807, 2.05) is 68.4 Å². The standard InChI is InChI=1S/C16H19N3O/c1-12(2)20-15-10-6-7-13(11-15)16(19-17)18-14-8-4-3-5-9-14/h3-12H,17H2,1-2H3,(H,18,19). The molecule has 0 atom stereocenters. The van der Waals surface area contributed by atoms with Gasteiger partial charge in [0.2, 0.25) is 0 Å². The van der Waals surface area contributed by atoms with Crippen LogP contribution in [-0.4, -0.2) is 11.9 Å². The first-order valence-electron chi connectivity index (χ1n) is 6.56. The first-order valence-corrected chi connectivity index (χ1v) is 6.56. The number of nitrogens with zero attached hydrogens (tertiary/aromatic N) is 1. The van der Waals surface area contributed by atoms with Crippen LogP contribution >= 0.6 is 0 Å². The van der Waals surface area contributed by atoms with Crippen molar-refractivity contribution in [3.63, 3.8) is 0 Å². The summed E-state index contributed by atoms with van der Waals surface area (Å²) in [5, 5.41) is 0. The predicted molar refractivity (Wildman–Crippen MR) is 82.2 cm³/mol. The summed E-state index contributed by atoms with van der Waals surface area (Å²) in [6, 6.07) is 17.4. The maximum atomic E-state index is 5.68. The van der Waals surface area contributed by atoms with E-state index in [9.17, 15) is 0 Å². The van der Waals surface area contributed by atoms with Crippen molar-refractivity contribution in [1.82, 2.24) is 5.43 Å². The summed E-state index contributed by atoms with van der Waals surface area (Å²) in [5.74, 6) is 6.98. The van der Waals surface area contributed by atoms with Gasteiger partial charge in [0, 0.05) is 5.56 Å². The molecule has 0 saturated heterocycles. The summed E-state index contributed by atoms with van der Waals surface area (Å²) in [4.78, 5) is 4.49. The number of para-hydroxylation sites is 1. The van der Waals surface area contributed by atoms with Crippen LogP contribution in [-0.2, 0) is 0 Å². The van der Waals surface area contributed by atoms with E-state index < -0.39 is 0 Å². The molecule has 0 aromatic heterocycles. The topological polar surface area (TPSA) is 59.6 Å². The molecule has 3 N–H and O–H groups in total. The van der Waals surface area contributed by atoms with Crippen LogP contribution in [0.3, 0.4) is 0 Å². The van der Waals surface area contributed by atoms with Gasteiger partial charge in [0.15, 0.2) is 0 Å². The fourth-order valence-electron chi connectivity index (χ4n) is 1.80. The Hall–Kier alpha value is -2.33. The monoisotopic (exact) mass is 269 g/mol. The molecule has 0 radical (unpaired) electrons. The van der Waals surface area contributed by atoms with Crippen molar-refractivity contribution < 1.29 is 4.74 Å². The highest BCUT2D eigenvalue weighted by atomic mass is 16.5. The first kappa shape index (κ1) is 14.1. The molecular formula is C16H19N3O. The highest BCUT2D eigenvalue weighted by molar-refractivity contribution is 6.00. The molecule has 2 rings (SSSR count). The van der Waals surface area contributed by atoms with Gasteiger partial charge in [0.05, 0.1) is 11.8 Å². The third-order valence-corrected chi connectivity index (χ3v) is 2.61. The summed E-state index contributed by atoms with van der Waals surface area (Å²) < 4.78 is 5.68. The fraction of sp³-hybridized carbons (Fsp3) is 0.188. The smallest absolute Gasteiger partial charge is 0.148 e. The molecule has 104 valence electrons. The maximum Gasteiger partial charge on any atom is 0.148 e. The second-order valence-electron chi connectivity index (χ2n) is 4.63. The summed E-state index contributed by atoms with van der Waals surface area (Å²) in [6.45, 7) is 3.99. The summed E-state index contributed by atoms with van der Waals surface area (Å²) in [5.41, 5.74) is 4.37. The molecular weight excluding hydrogens is 250 g/mol. The minimum absolute atomic E-state index is 0.130. The second kappa shape index (κ2) is 6.73. The number of aliphatic imine (C=N–C) groups is 1. The Labute approximate surface area is 119 Å². The third kappa shape index (κ3) is 3.83. The van der Waals surface area contributed by atoms with Crippen LogP contribution < -0.4 is 16.0 Å². The van der Waals surface area contributed by atoms with Crippen molar-refractivity contribution in [2.75, 3.05) is 0 Å². The lowest BCUT2D eigenvalue weighted by atomic mass is 10.2. The molecule has 0 saturated carbocycles. The zero-order valence-electron chi connectivity index (χ0n) is 11.7. The van der Waals surface area contributed by atoms with Crippen LogP contribution in [0.1, 0.15) is 19.4 Å². The van der Waals surface area contributed by atoms with Gasteiger partial charge in [-0.1, -0.05) is 30.3 Å². The fourth-order valence-corrected chi connectivity index (χ4v) is 1.80. The number of hydrogen-bond donors (Lipinski definition) is 2. The minimum atomic E-state index is 0.130. The van der Waals surface area contributed by atoms with E-state index in [2.05, 4.69) is 10.4 Å². The molecule has 0 unspecified atom stereocenters. The highest BCUT2D eigenvalue weighted by Gasteiger charge is 2.05. The van der Waals surface area contributed by atoms with Crippen LogP contribution in [0.2, 0.25) is 0 Å². The Morgan fingerprint density at radius 3 is 2.50 bits per heavy atom. The molecule has 0 aliphatic heterocycles. The van der Waals surface area contributed by atoms with Gasteiger partial charge in [-0.2, -0.15) is 0 Å². The van der Waals surface area contributed by atoms with Crippen molar-refractivity contribution in [3.05, 3.63) is 60.2 Å². The summed E-state index contributed by atoms with van der Waals surface area (Å²) in [7, 11) is 0. The number of rotatable bonds is 4. The van der Waals surface area contributed by atoms with E-state index in [4.69, 9.17) is 10.6 Å². The molecule has 0 bridgehead atoms. The Kier molecular flexibility index (Phi) is 4.74. The van der Waals surface area contributed by atoms with Crippen molar-refractivity contribution in [2.24, 2.45) is 10.8 Å². The van der Waals surface area contributed by atoms with Crippen LogP contribution in [0.4, 0.5) is 5.69 Å². The molecule has 0 aliphatic rings.